The van der Waals surface area contributed by atoms with Gasteiger partial charge in [0.2, 0.25) is 11.8 Å². The molecule has 0 aromatic heterocycles. The van der Waals surface area contributed by atoms with Gasteiger partial charge in [0.1, 0.15) is 8.64 Å². The Balaban J connectivity index is 1.20. The first-order chi connectivity index (χ1) is 19.1. The standard InChI is InChI=1S/C28H26N4O4S4/c1-17-3-7-19(8-4-17)15-21-25(35)31(27(37)39-21)13-11-23(33)29-30-24(34)12-14-32-26(36)22(40-28(32)38)16-20-9-5-18(2)6-10-20/h3-10,15-16H,11-14H2,1-2H3,(H,29,33)(H,30,34)/b21-15-,22-16-. The molecule has 0 unspecified atom stereocenters. The largest absolute Gasteiger partial charge is 0.292 e. The molecule has 0 radical (unpaired) electrons. The van der Waals surface area contributed by atoms with E-state index in [1.54, 1.807) is 12.2 Å². The van der Waals surface area contributed by atoms with Crippen LogP contribution in [0.2, 0.25) is 0 Å². The highest BCUT2D eigenvalue weighted by atomic mass is 32.2. The lowest BCUT2D eigenvalue weighted by molar-refractivity contribution is -0.130. The predicted molar refractivity (Wildman–Crippen MR) is 168 cm³/mol. The third-order valence-electron chi connectivity index (χ3n) is 5.96. The molecule has 2 saturated heterocycles. The van der Waals surface area contributed by atoms with Crippen LogP contribution in [-0.4, -0.2) is 55.2 Å². The van der Waals surface area contributed by atoms with Gasteiger partial charge < -0.3 is 0 Å². The summed E-state index contributed by atoms with van der Waals surface area (Å²) in [5.41, 5.74) is 8.70. The van der Waals surface area contributed by atoms with Gasteiger partial charge in [-0.25, -0.2) is 0 Å². The Labute approximate surface area is 251 Å². The van der Waals surface area contributed by atoms with Crippen molar-refractivity contribution in [1.29, 1.82) is 0 Å². The molecule has 2 aliphatic heterocycles. The molecular weight excluding hydrogens is 585 g/mol. The van der Waals surface area contributed by atoms with Gasteiger partial charge in [0.15, 0.2) is 0 Å². The number of amides is 4. The molecule has 8 nitrogen and oxygen atoms in total. The number of hydrogen-bond acceptors (Lipinski definition) is 8. The minimum atomic E-state index is -0.475. The van der Waals surface area contributed by atoms with Crippen LogP contribution in [0.5, 0.6) is 0 Å². The number of carbonyl (C=O) groups excluding carboxylic acids is 4. The second kappa shape index (κ2) is 13.4. The Morgan fingerprint density at radius 1 is 0.700 bits per heavy atom. The number of carbonyl (C=O) groups is 4. The van der Waals surface area contributed by atoms with Crippen molar-refractivity contribution in [3.05, 3.63) is 80.6 Å². The first-order valence-electron chi connectivity index (χ1n) is 12.3. The molecular formula is C28H26N4O4S4. The van der Waals surface area contributed by atoms with Crippen LogP contribution >= 0.6 is 48.0 Å². The second-order valence-electron chi connectivity index (χ2n) is 9.08. The van der Waals surface area contributed by atoms with Crippen molar-refractivity contribution >= 4 is 92.4 Å². The highest BCUT2D eigenvalue weighted by Gasteiger charge is 2.33. The summed E-state index contributed by atoms with van der Waals surface area (Å²) in [6.07, 6.45) is 3.44. The summed E-state index contributed by atoms with van der Waals surface area (Å²) in [5, 5.41) is 0. The lowest BCUT2D eigenvalue weighted by atomic mass is 10.1. The predicted octanol–water partition coefficient (Wildman–Crippen LogP) is 4.33. The zero-order valence-corrected chi connectivity index (χ0v) is 25.0. The van der Waals surface area contributed by atoms with Crippen LogP contribution in [-0.2, 0) is 19.2 Å². The number of benzene rings is 2. The molecule has 0 bridgehead atoms. The van der Waals surface area contributed by atoms with Crippen molar-refractivity contribution in [1.82, 2.24) is 20.7 Å². The van der Waals surface area contributed by atoms with E-state index < -0.39 is 11.8 Å². The van der Waals surface area contributed by atoms with Crippen molar-refractivity contribution in [3.63, 3.8) is 0 Å². The maximum atomic E-state index is 12.8. The average Bonchev–Trinajstić information content (AvgIpc) is 3.35. The van der Waals surface area contributed by atoms with E-state index in [1.807, 2.05) is 62.4 Å². The summed E-state index contributed by atoms with van der Waals surface area (Å²) < 4.78 is 0.750. The van der Waals surface area contributed by atoms with Crippen LogP contribution in [0.3, 0.4) is 0 Å². The summed E-state index contributed by atoms with van der Waals surface area (Å²) in [6, 6.07) is 15.5. The number of hydrogen-bond donors (Lipinski definition) is 2. The Morgan fingerprint density at radius 2 is 1.05 bits per heavy atom. The Kier molecular flexibility index (Phi) is 9.90. The number of rotatable bonds is 8. The summed E-state index contributed by atoms with van der Waals surface area (Å²) in [4.78, 5) is 53.9. The van der Waals surface area contributed by atoms with Gasteiger partial charge in [-0.15, -0.1) is 0 Å². The average molecular weight is 611 g/mol. The van der Waals surface area contributed by atoms with Crippen LogP contribution < -0.4 is 10.9 Å². The molecule has 2 aromatic rings. The number of nitrogens with zero attached hydrogens (tertiary/aromatic N) is 2. The van der Waals surface area contributed by atoms with Gasteiger partial charge in [-0.1, -0.05) is 108 Å². The van der Waals surface area contributed by atoms with Crippen molar-refractivity contribution in [3.8, 4) is 0 Å². The Hall–Kier alpha value is -3.32. The van der Waals surface area contributed by atoms with E-state index in [0.29, 0.717) is 18.5 Å². The van der Waals surface area contributed by atoms with E-state index in [2.05, 4.69) is 10.9 Å². The van der Waals surface area contributed by atoms with E-state index in [1.165, 1.54) is 33.3 Å². The lowest BCUT2D eigenvalue weighted by Crippen LogP contribution is -2.44. The molecule has 0 spiro atoms. The highest BCUT2D eigenvalue weighted by Crippen LogP contribution is 2.33. The summed E-state index contributed by atoms with van der Waals surface area (Å²) >= 11 is 13.0. The number of hydrazine groups is 1. The van der Waals surface area contributed by atoms with Gasteiger partial charge in [-0.05, 0) is 37.1 Å². The fourth-order valence-electron chi connectivity index (χ4n) is 3.70. The number of thiocarbonyl (C=S) groups is 2. The van der Waals surface area contributed by atoms with Gasteiger partial charge in [0.25, 0.3) is 11.8 Å². The van der Waals surface area contributed by atoms with Gasteiger partial charge in [-0.2, -0.15) is 0 Å². The molecule has 0 saturated carbocycles. The zero-order valence-electron chi connectivity index (χ0n) is 21.8. The molecule has 2 aromatic carbocycles. The van der Waals surface area contributed by atoms with Crippen LogP contribution in [0.4, 0.5) is 0 Å². The van der Waals surface area contributed by atoms with Gasteiger partial charge in [0, 0.05) is 25.9 Å². The van der Waals surface area contributed by atoms with Gasteiger partial charge in [-0.3, -0.25) is 39.8 Å². The van der Waals surface area contributed by atoms with E-state index in [-0.39, 0.29) is 37.7 Å². The topological polar surface area (TPSA) is 98.8 Å². The Morgan fingerprint density at radius 3 is 1.40 bits per heavy atom. The summed E-state index contributed by atoms with van der Waals surface area (Å²) in [7, 11) is 0. The van der Waals surface area contributed by atoms with E-state index in [0.717, 1.165) is 22.3 Å². The Bertz CT molecular complexity index is 1330. The third-order valence-corrected chi connectivity index (χ3v) is 8.72. The number of nitrogens with one attached hydrogen (secondary N) is 2. The maximum Gasteiger partial charge on any atom is 0.266 e. The molecule has 4 amide bonds. The molecule has 2 aliphatic rings. The number of aryl methyl sites for hydroxylation is 2. The fourth-order valence-corrected chi connectivity index (χ4v) is 6.32. The first kappa shape index (κ1) is 29.7. The van der Waals surface area contributed by atoms with Gasteiger partial charge in [0.05, 0.1) is 9.81 Å². The third kappa shape index (κ3) is 7.66. The van der Waals surface area contributed by atoms with Crippen LogP contribution in [0, 0.1) is 13.8 Å². The van der Waals surface area contributed by atoms with E-state index in [9.17, 15) is 19.2 Å². The second-order valence-corrected chi connectivity index (χ2v) is 12.4. The fraction of sp³-hybridized carbons (Fsp3) is 0.214. The van der Waals surface area contributed by atoms with Crippen LogP contribution in [0.15, 0.2) is 58.3 Å². The molecule has 2 N–H and O–H groups in total. The van der Waals surface area contributed by atoms with Crippen molar-refractivity contribution in [2.45, 2.75) is 26.7 Å². The van der Waals surface area contributed by atoms with Crippen molar-refractivity contribution in [2.24, 2.45) is 0 Å². The molecule has 4 rings (SSSR count). The SMILES string of the molecule is Cc1ccc(/C=C2\SC(=S)N(CCC(=O)NNC(=O)CCN3C(=O)/C(=C/c4ccc(C)cc4)SC3=S)C2=O)cc1. The number of thioether (sulfide) groups is 2. The minimum Gasteiger partial charge on any atom is -0.292 e. The van der Waals surface area contributed by atoms with Crippen molar-refractivity contribution < 1.29 is 19.2 Å². The normalized spacial score (nSPS) is 17.4. The van der Waals surface area contributed by atoms with Crippen LogP contribution in [0.25, 0.3) is 12.2 Å². The smallest absolute Gasteiger partial charge is 0.266 e. The lowest BCUT2D eigenvalue weighted by Gasteiger charge is -2.15. The minimum absolute atomic E-state index is 0.0525. The highest BCUT2D eigenvalue weighted by molar-refractivity contribution is 8.27. The summed E-state index contributed by atoms with van der Waals surface area (Å²) in [5.74, 6) is -1.47. The molecule has 12 heteroatoms. The monoisotopic (exact) mass is 610 g/mol. The molecule has 0 atom stereocenters. The van der Waals surface area contributed by atoms with Crippen molar-refractivity contribution in [2.75, 3.05) is 13.1 Å². The molecule has 206 valence electrons. The quantitative estimate of drug-likeness (QED) is 0.259. The summed E-state index contributed by atoms with van der Waals surface area (Å²) in [6.45, 7) is 4.14. The first-order valence-corrected chi connectivity index (χ1v) is 14.8. The molecule has 40 heavy (non-hydrogen) atoms. The maximum absolute atomic E-state index is 12.8. The molecule has 2 fully saturated rings. The molecule has 0 aliphatic carbocycles. The van der Waals surface area contributed by atoms with E-state index >= 15 is 0 Å². The zero-order chi connectivity index (χ0) is 28.8. The van der Waals surface area contributed by atoms with E-state index in [4.69, 9.17) is 24.4 Å². The van der Waals surface area contributed by atoms with Gasteiger partial charge >= 0.3 is 0 Å². The van der Waals surface area contributed by atoms with Crippen LogP contribution in [0.1, 0.15) is 35.1 Å². The molecule has 2 heterocycles.